The van der Waals surface area contributed by atoms with E-state index in [4.69, 9.17) is 4.74 Å². The number of hydrogen-bond donors (Lipinski definition) is 0. The first-order valence-electron chi connectivity index (χ1n) is 4.44. The van der Waals surface area contributed by atoms with Crippen molar-refractivity contribution in [3.63, 3.8) is 0 Å². The highest BCUT2D eigenvalue weighted by Gasteiger charge is 2.16. The number of aromatic nitrogens is 1. The number of esters is 1. The van der Waals surface area contributed by atoms with Crippen molar-refractivity contribution in [2.45, 2.75) is 12.8 Å². The standard InChI is InChI=1S/C11H13NO2/c1-3-8-14-11(13)9(2)10-6-4-5-7-12-10/h3-7,9H,1,8H2,2H3. The van der Waals surface area contributed by atoms with Crippen molar-refractivity contribution in [1.29, 1.82) is 0 Å². The molecule has 14 heavy (non-hydrogen) atoms. The second-order valence-corrected chi connectivity index (χ2v) is 2.90. The van der Waals surface area contributed by atoms with E-state index in [1.54, 1.807) is 25.3 Å². The SMILES string of the molecule is C=CCOC(=O)C(C)c1ccccn1. The molecule has 1 atom stereocenters. The average molecular weight is 191 g/mol. The lowest BCUT2D eigenvalue weighted by Crippen LogP contribution is -2.14. The van der Waals surface area contributed by atoms with Gasteiger partial charge in [-0.2, -0.15) is 0 Å². The summed E-state index contributed by atoms with van der Waals surface area (Å²) in [6.45, 7) is 5.49. The maximum atomic E-state index is 11.4. The average Bonchev–Trinajstić information content (AvgIpc) is 2.26. The van der Waals surface area contributed by atoms with Crippen LogP contribution < -0.4 is 0 Å². The maximum absolute atomic E-state index is 11.4. The number of carbonyl (C=O) groups is 1. The Hall–Kier alpha value is -1.64. The molecule has 0 saturated heterocycles. The Balaban J connectivity index is 2.61. The van der Waals surface area contributed by atoms with E-state index < -0.39 is 0 Å². The van der Waals surface area contributed by atoms with Crippen molar-refractivity contribution in [2.75, 3.05) is 6.61 Å². The van der Waals surface area contributed by atoms with E-state index in [0.717, 1.165) is 5.69 Å². The van der Waals surface area contributed by atoms with Gasteiger partial charge in [0.2, 0.25) is 0 Å². The normalized spacial score (nSPS) is 11.8. The number of ether oxygens (including phenoxy) is 1. The lowest BCUT2D eigenvalue weighted by molar-refractivity contribution is -0.143. The molecule has 74 valence electrons. The van der Waals surface area contributed by atoms with Crippen LogP contribution in [0.1, 0.15) is 18.5 Å². The van der Waals surface area contributed by atoms with Gasteiger partial charge in [0, 0.05) is 6.20 Å². The zero-order valence-electron chi connectivity index (χ0n) is 8.14. The molecule has 3 heteroatoms. The monoisotopic (exact) mass is 191 g/mol. The molecule has 0 amide bonds. The molecule has 1 rings (SSSR count). The molecule has 1 aromatic heterocycles. The van der Waals surface area contributed by atoms with Crippen LogP contribution in [0.3, 0.4) is 0 Å². The summed E-state index contributed by atoms with van der Waals surface area (Å²) in [5.41, 5.74) is 0.724. The number of nitrogens with zero attached hydrogens (tertiary/aromatic N) is 1. The Labute approximate surface area is 83.4 Å². The fourth-order valence-electron chi connectivity index (χ4n) is 1.02. The molecule has 1 unspecified atom stereocenters. The van der Waals surface area contributed by atoms with Crippen LogP contribution in [0.15, 0.2) is 37.1 Å². The van der Waals surface area contributed by atoms with Crippen molar-refractivity contribution >= 4 is 5.97 Å². The van der Waals surface area contributed by atoms with Crippen LogP contribution in [0.2, 0.25) is 0 Å². The molecule has 0 bridgehead atoms. The van der Waals surface area contributed by atoms with Gasteiger partial charge >= 0.3 is 5.97 Å². The summed E-state index contributed by atoms with van der Waals surface area (Å²) < 4.78 is 4.91. The number of pyridine rings is 1. The van der Waals surface area contributed by atoms with Gasteiger partial charge < -0.3 is 4.74 Å². The third-order valence-electron chi connectivity index (χ3n) is 1.83. The van der Waals surface area contributed by atoms with Crippen LogP contribution >= 0.6 is 0 Å². The Morgan fingerprint density at radius 2 is 2.50 bits per heavy atom. The molecule has 0 aliphatic heterocycles. The minimum atomic E-state index is -0.323. The third kappa shape index (κ3) is 2.69. The van der Waals surface area contributed by atoms with Crippen LogP contribution in [0.25, 0.3) is 0 Å². The zero-order valence-corrected chi connectivity index (χ0v) is 8.14. The van der Waals surface area contributed by atoms with Crippen molar-refractivity contribution in [2.24, 2.45) is 0 Å². The summed E-state index contributed by atoms with van der Waals surface area (Å²) in [7, 11) is 0. The van der Waals surface area contributed by atoms with Gasteiger partial charge in [-0.1, -0.05) is 18.7 Å². The highest BCUT2D eigenvalue weighted by atomic mass is 16.5. The summed E-state index contributed by atoms with van der Waals surface area (Å²) in [4.78, 5) is 15.5. The predicted molar refractivity (Wildman–Crippen MR) is 53.8 cm³/mol. The zero-order chi connectivity index (χ0) is 10.4. The number of hydrogen-bond acceptors (Lipinski definition) is 3. The number of carbonyl (C=O) groups excluding carboxylic acids is 1. The Morgan fingerprint density at radius 3 is 3.07 bits per heavy atom. The molecule has 3 nitrogen and oxygen atoms in total. The lowest BCUT2D eigenvalue weighted by Gasteiger charge is -2.08. The van der Waals surface area contributed by atoms with E-state index in [0.29, 0.717) is 0 Å². The molecule has 0 fully saturated rings. The van der Waals surface area contributed by atoms with Gasteiger partial charge in [-0.15, -0.1) is 0 Å². The second-order valence-electron chi connectivity index (χ2n) is 2.90. The minimum Gasteiger partial charge on any atom is -0.461 e. The first-order chi connectivity index (χ1) is 6.75. The highest BCUT2D eigenvalue weighted by Crippen LogP contribution is 2.13. The molecule has 0 saturated carbocycles. The molecule has 0 radical (unpaired) electrons. The third-order valence-corrected chi connectivity index (χ3v) is 1.83. The smallest absolute Gasteiger partial charge is 0.315 e. The Bertz CT molecular complexity index is 308. The molecule has 1 heterocycles. The molecule has 0 aromatic carbocycles. The summed E-state index contributed by atoms with van der Waals surface area (Å²) in [5, 5.41) is 0. The number of rotatable bonds is 4. The largest absolute Gasteiger partial charge is 0.461 e. The van der Waals surface area contributed by atoms with Crippen molar-refractivity contribution in [3.05, 3.63) is 42.7 Å². The van der Waals surface area contributed by atoms with E-state index in [1.807, 2.05) is 12.1 Å². The van der Waals surface area contributed by atoms with E-state index >= 15 is 0 Å². The topological polar surface area (TPSA) is 39.2 Å². The summed E-state index contributed by atoms with van der Waals surface area (Å²) in [6, 6.07) is 5.46. The quantitative estimate of drug-likeness (QED) is 0.539. The van der Waals surface area contributed by atoms with Gasteiger partial charge in [-0.05, 0) is 19.1 Å². The fourth-order valence-corrected chi connectivity index (χ4v) is 1.02. The minimum absolute atomic E-state index is 0.246. The van der Waals surface area contributed by atoms with Gasteiger partial charge in [0.1, 0.15) is 6.61 Å². The van der Waals surface area contributed by atoms with Gasteiger partial charge in [-0.3, -0.25) is 9.78 Å². The summed E-state index contributed by atoms with van der Waals surface area (Å²) >= 11 is 0. The van der Waals surface area contributed by atoms with Gasteiger partial charge in [-0.25, -0.2) is 0 Å². The molecule has 0 spiro atoms. The van der Waals surface area contributed by atoms with Crippen LogP contribution in [0.4, 0.5) is 0 Å². The molecule has 0 aliphatic rings. The van der Waals surface area contributed by atoms with Gasteiger partial charge in [0.05, 0.1) is 11.6 Å². The lowest BCUT2D eigenvalue weighted by atomic mass is 10.1. The van der Waals surface area contributed by atoms with Crippen LogP contribution in [-0.4, -0.2) is 17.6 Å². The van der Waals surface area contributed by atoms with E-state index in [1.165, 1.54) is 0 Å². The van der Waals surface area contributed by atoms with Crippen LogP contribution in [0.5, 0.6) is 0 Å². The van der Waals surface area contributed by atoms with Gasteiger partial charge in [0.15, 0.2) is 0 Å². The molecule has 1 aromatic rings. The second kappa shape index (κ2) is 5.17. The first kappa shape index (κ1) is 10.4. The van der Waals surface area contributed by atoms with Gasteiger partial charge in [0.25, 0.3) is 0 Å². The predicted octanol–water partition coefficient (Wildman–Crippen LogP) is 1.91. The summed E-state index contributed by atoms with van der Waals surface area (Å²) in [5.74, 6) is -0.597. The van der Waals surface area contributed by atoms with Crippen molar-refractivity contribution in [3.8, 4) is 0 Å². The summed E-state index contributed by atoms with van der Waals surface area (Å²) in [6.07, 6.45) is 3.20. The van der Waals surface area contributed by atoms with E-state index in [9.17, 15) is 4.79 Å². The molecular weight excluding hydrogens is 178 g/mol. The fraction of sp³-hybridized carbons (Fsp3) is 0.273. The van der Waals surface area contributed by atoms with Crippen LogP contribution in [0, 0.1) is 0 Å². The first-order valence-corrected chi connectivity index (χ1v) is 4.44. The highest BCUT2D eigenvalue weighted by molar-refractivity contribution is 5.77. The van der Waals surface area contributed by atoms with Crippen molar-refractivity contribution in [1.82, 2.24) is 4.98 Å². The van der Waals surface area contributed by atoms with Crippen LogP contribution in [-0.2, 0) is 9.53 Å². The Morgan fingerprint density at radius 1 is 1.71 bits per heavy atom. The molecular formula is C11H13NO2. The van der Waals surface area contributed by atoms with Crippen molar-refractivity contribution < 1.29 is 9.53 Å². The molecule has 0 N–H and O–H groups in total. The Kier molecular flexibility index (Phi) is 3.85. The molecule has 0 aliphatic carbocycles. The maximum Gasteiger partial charge on any atom is 0.315 e. The van der Waals surface area contributed by atoms with E-state index in [-0.39, 0.29) is 18.5 Å². The van der Waals surface area contributed by atoms with E-state index in [2.05, 4.69) is 11.6 Å².